The van der Waals surface area contributed by atoms with Gasteiger partial charge in [0.2, 0.25) is 0 Å². The molecule has 0 aliphatic heterocycles. The van der Waals surface area contributed by atoms with E-state index in [0.717, 1.165) is 0 Å². The van der Waals surface area contributed by atoms with Crippen molar-refractivity contribution >= 4 is 12.0 Å². The van der Waals surface area contributed by atoms with Crippen molar-refractivity contribution in [1.29, 1.82) is 5.26 Å². The van der Waals surface area contributed by atoms with Gasteiger partial charge in [-0.05, 0) is 36.4 Å². The Balaban J connectivity index is 2.21. The zero-order valence-electron chi connectivity index (χ0n) is 12.8. The number of esters is 1. The maximum Gasteiger partial charge on any atom is 0.354 e. The molecule has 0 bridgehead atoms. The number of ether oxygens (including phenoxy) is 3. The molecule has 5 heteroatoms. The van der Waals surface area contributed by atoms with Gasteiger partial charge in [0.05, 0.1) is 14.2 Å². The third kappa shape index (κ3) is 4.11. The number of carbonyl (C=O) groups is 1. The summed E-state index contributed by atoms with van der Waals surface area (Å²) in [5.41, 5.74) is 0.503. The number of para-hydroxylation sites is 1. The monoisotopic (exact) mass is 309 g/mol. The largest absolute Gasteiger partial charge is 0.497 e. The van der Waals surface area contributed by atoms with E-state index in [4.69, 9.17) is 14.2 Å². The first-order valence-corrected chi connectivity index (χ1v) is 6.79. The molecule has 2 rings (SSSR count). The van der Waals surface area contributed by atoms with Crippen molar-refractivity contribution in [3.8, 4) is 23.3 Å². The number of methoxy groups -OCH3 is 2. The van der Waals surface area contributed by atoms with Crippen LogP contribution in [0.2, 0.25) is 0 Å². The Kier molecular flexibility index (Phi) is 5.37. The van der Waals surface area contributed by atoms with Crippen LogP contribution in [0.5, 0.6) is 17.2 Å². The van der Waals surface area contributed by atoms with Crippen molar-refractivity contribution in [2.24, 2.45) is 0 Å². The first kappa shape index (κ1) is 16.1. The van der Waals surface area contributed by atoms with Crippen molar-refractivity contribution in [2.75, 3.05) is 14.2 Å². The van der Waals surface area contributed by atoms with Gasteiger partial charge in [-0.25, -0.2) is 4.79 Å². The molecular weight excluding hydrogens is 294 g/mol. The molecule has 0 radical (unpaired) electrons. The Bertz CT molecular complexity index is 757. The van der Waals surface area contributed by atoms with Crippen molar-refractivity contribution in [3.05, 3.63) is 59.7 Å². The number of benzene rings is 2. The lowest BCUT2D eigenvalue weighted by atomic mass is 10.1. The van der Waals surface area contributed by atoms with E-state index in [9.17, 15) is 10.1 Å². The fourth-order valence-corrected chi connectivity index (χ4v) is 1.88. The fourth-order valence-electron chi connectivity index (χ4n) is 1.88. The van der Waals surface area contributed by atoms with Crippen LogP contribution in [0.4, 0.5) is 0 Å². The van der Waals surface area contributed by atoms with Crippen LogP contribution in [-0.2, 0) is 4.79 Å². The van der Waals surface area contributed by atoms with E-state index in [1.54, 1.807) is 55.6 Å². The van der Waals surface area contributed by atoms with Crippen LogP contribution in [0.15, 0.2) is 54.1 Å². The molecule has 2 aromatic carbocycles. The van der Waals surface area contributed by atoms with E-state index < -0.39 is 5.97 Å². The summed E-state index contributed by atoms with van der Waals surface area (Å²) in [6.45, 7) is 0. The van der Waals surface area contributed by atoms with Gasteiger partial charge in [-0.15, -0.1) is 0 Å². The molecule has 0 saturated carbocycles. The maximum atomic E-state index is 12.1. The molecule has 0 unspecified atom stereocenters. The van der Waals surface area contributed by atoms with E-state index in [1.165, 1.54) is 13.2 Å². The highest BCUT2D eigenvalue weighted by atomic mass is 16.5. The standard InChI is InChI=1S/C18H15NO4/c1-21-15-7-9-16(10-8-15)23-18(20)14(12-19)11-13-5-3-4-6-17(13)22-2/h3-11H,1-2H3/b14-11+. The predicted octanol–water partition coefficient (Wildman–Crippen LogP) is 3.22. The highest BCUT2D eigenvalue weighted by Gasteiger charge is 2.13. The molecule has 0 atom stereocenters. The summed E-state index contributed by atoms with van der Waals surface area (Å²) >= 11 is 0. The van der Waals surface area contributed by atoms with E-state index in [0.29, 0.717) is 22.8 Å². The van der Waals surface area contributed by atoms with Gasteiger partial charge in [-0.3, -0.25) is 0 Å². The van der Waals surface area contributed by atoms with Gasteiger partial charge in [0.25, 0.3) is 0 Å². The molecule has 0 N–H and O–H groups in total. The second-order valence-corrected chi connectivity index (χ2v) is 4.48. The summed E-state index contributed by atoms with van der Waals surface area (Å²) in [6.07, 6.45) is 1.44. The quantitative estimate of drug-likeness (QED) is 0.367. The van der Waals surface area contributed by atoms with Crippen LogP contribution in [0.25, 0.3) is 6.08 Å². The molecule has 0 aliphatic rings. The SMILES string of the molecule is COc1ccc(OC(=O)/C(C#N)=C/c2ccccc2OC)cc1. The highest BCUT2D eigenvalue weighted by molar-refractivity contribution is 5.99. The van der Waals surface area contributed by atoms with Crippen molar-refractivity contribution in [3.63, 3.8) is 0 Å². The van der Waals surface area contributed by atoms with Crippen LogP contribution in [0.1, 0.15) is 5.56 Å². The molecular formula is C18H15NO4. The molecule has 0 amide bonds. The molecule has 116 valence electrons. The van der Waals surface area contributed by atoms with E-state index in [2.05, 4.69) is 0 Å². The topological polar surface area (TPSA) is 68.5 Å². The minimum absolute atomic E-state index is 0.120. The lowest BCUT2D eigenvalue weighted by molar-refractivity contribution is -0.129. The normalized spacial score (nSPS) is 10.6. The molecule has 0 spiro atoms. The molecule has 0 saturated heterocycles. The summed E-state index contributed by atoms with van der Waals surface area (Å²) in [5, 5.41) is 9.20. The Morgan fingerprint density at radius 2 is 1.65 bits per heavy atom. The van der Waals surface area contributed by atoms with Crippen LogP contribution >= 0.6 is 0 Å². The molecule has 0 aliphatic carbocycles. The molecule has 5 nitrogen and oxygen atoms in total. The van der Waals surface area contributed by atoms with Gasteiger partial charge in [-0.2, -0.15) is 5.26 Å². The Morgan fingerprint density at radius 3 is 2.26 bits per heavy atom. The van der Waals surface area contributed by atoms with Crippen LogP contribution in [0.3, 0.4) is 0 Å². The second-order valence-electron chi connectivity index (χ2n) is 4.48. The van der Waals surface area contributed by atoms with E-state index >= 15 is 0 Å². The molecule has 0 aromatic heterocycles. The first-order valence-electron chi connectivity index (χ1n) is 6.79. The molecule has 23 heavy (non-hydrogen) atoms. The summed E-state index contributed by atoms with van der Waals surface area (Å²) in [5.74, 6) is 0.813. The van der Waals surface area contributed by atoms with Crippen LogP contribution in [0, 0.1) is 11.3 Å². The molecule has 0 heterocycles. The summed E-state index contributed by atoms with van der Waals surface area (Å²) in [6, 6.07) is 15.5. The predicted molar refractivity (Wildman–Crippen MR) is 85.2 cm³/mol. The fraction of sp³-hybridized carbons (Fsp3) is 0.111. The summed E-state index contributed by atoms with van der Waals surface area (Å²) in [7, 11) is 3.07. The van der Waals surface area contributed by atoms with Gasteiger partial charge in [0.15, 0.2) is 0 Å². The van der Waals surface area contributed by atoms with Gasteiger partial charge < -0.3 is 14.2 Å². The summed E-state index contributed by atoms with van der Waals surface area (Å²) < 4.78 is 15.4. The smallest absolute Gasteiger partial charge is 0.354 e. The highest BCUT2D eigenvalue weighted by Crippen LogP contribution is 2.22. The minimum atomic E-state index is -0.733. The Labute approximate surface area is 134 Å². The number of rotatable bonds is 5. The van der Waals surface area contributed by atoms with Gasteiger partial charge in [0, 0.05) is 5.56 Å². The minimum Gasteiger partial charge on any atom is -0.497 e. The van der Waals surface area contributed by atoms with Gasteiger partial charge >= 0.3 is 5.97 Å². The molecule has 0 fully saturated rings. The zero-order chi connectivity index (χ0) is 16.7. The maximum absolute atomic E-state index is 12.1. The second kappa shape index (κ2) is 7.66. The number of carbonyl (C=O) groups excluding carboxylic acids is 1. The Hall–Kier alpha value is -3.26. The van der Waals surface area contributed by atoms with Crippen molar-refractivity contribution < 1.29 is 19.0 Å². The lowest BCUT2D eigenvalue weighted by Gasteiger charge is -2.06. The lowest BCUT2D eigenvalue weighted by Crippen LogP contribution is -2.10. The van der Waals surface area contributed by atoms with Crippen molar-refractivity contribution in [1.82, 2.24) is 0 Å². The van der Waals surface area contributed by atoms with Crippen LogP contribution < -0.4 is 14.2 Å². The molecule has 2 aromatic rings. The zero-order valence-corrected chi connectivity index (χ0v) is 12.8. The third-order valence-corrected chi connectivity index (χ3v) is 3.05. The van der Waals surface area contributed by atoms with Crippen molar-refractivity contribution in [2.45, 2.75) is 0 Å². The number of nitriles is 1. The first-order chi connectivity index (χ1) is 11.2. The average molecular weight is 309 g/mol. The Morgan fingerprint density at radius 1 is 1.00 bits per heavy atom. The number of hydrogen-bond donors (Lipinski definition) is 0. The van der Waals surface area contributed by atoms with E-state index in [-0.39, 0.29) is 5.57 Å². The average Bonchev–Trinajstić information content (AvgIpc) is 2.60. The number of hydrogen-bond acceptors (Lipinski definition) is 5. The van der Waals surface area contributed by atoms with Gasteiger partial charge in [0.1, 0.15) is 28.9 Å². The van der Waals surface area contributed by atoms with Crippen LogP contribution in [-0.4, -0.2) is 20.2 Å². The van der Waals surface area contributed by atoms with Gasteiger partial charge in [-0.1, -0.05) is 18.2 Å². The summed E-state index contributed by atoms with van der Waals surface area (Å²) in [4.78, 5) is 12.1. The number of nitrogens with zero attached hydrogens (tertiary/aromatic N) is 1. The van der Waals surface area contributed by atoms with E-state index in [1.807, 2.05) is 6.07 Å². The third-order valence-electron chi connectivity index (χ3n) is 3.05.